The van der Waals surface area contributed by atoms with Crippen LogP contribution in [0.5, 0.6) is 0 Å². The first kappa shape index (κ1) is 15.7. The summed E-state index contributed by atoms with van der Waals surface area (Å²) < 4.78 is 1.06. The maximum Gasteiger partial charge on any atom is 0.329 e. The van der Waals surface area contributed by atoms with Gasteiger partial charge in [-0.2, -0.15) is 0 Å². The van der Waals surface area contributed by atoms with Gasteiger partial charge >= 0.3 is 12.0 Å². The minimum Gasteiger partial charge on any atom is -0.480 e. The number of aliphatic carboxylic acids is 1. The summed E-state index contributed by atoms with van der Waals surface area (Å²) in [5.41, 5.74) is -0.621. The van der Waals surface area contributed by atoms with Crippen molar-refractivity contribution in [3.63, 3.8) is 0 Å². The van der Waals surface area contributed by atoms with Gasteiger partial charge in [0.2, 0.25) is 0 Å². The molecule has 0 fully saturated rings. The van der Waals surface area contributed by atoms with Crippen LogP contribution in [-0.2, 0) is 4.79 Å². The van der Waals surface area contributed by atoms with E-state index in [4.69, 9.17) is 0 Å². The van der Waals surface area contributed by atoms with E-state index in [1.54, 1.807) is 12.1 Å². The highest BCUT2D eigenvalue weighted by molar-refractivity contribution is 14.1. The fourth-order valence-corrected chi connectivity index (χ4v) is 2.03. The second-order valence-electron chi connectivity index (χ2n) is 4.47. The molecule has 0 saturated heterocycles. The third-order valence-electron chi connectivity index (χ3n) is 2.71. The molecule has 0 aromatic heterocycles. The standard InChI is InChI=1S/C13H17IN2O3/c1-3-8-13(2,11(17)18)16-12(19)15-10-6-4-9(14)5-7-10/h4-7H,3,8H2,1-2H3,(H,17,18)(H2,15,16,19). The number of carboxylic acid groups (broad SMARTS) is 1. The van der Waals surface area contributed by atoms with Crippen LogP contribution in [-0.4, -0.2) is 22.6 Å². The Kier molecular flexibility index (Phi) is 5.59. The van der Waals surface area contributed by atoms with Gasteiger partial charge in [-0.1, -0.05) is 13.3 Å². The molecule has 104 valence electrons. The number of carbonyl (C=O) groups is 2. The molecule has 1 rings (SSSR count). The number of halogens is 1. The Bertz CT molecular complexity index is 461. The first-order valence-electron chi connectivity index (χ1n) is 5.95. The van der Waals surface area contributed by atoms with E-state index in [1.807, 2.05) is 19.1 Å². The van der Waals surface area contributed by atoms with Crippen molar-refractivity contribution >= 4 is 40.3 Å². The van der Waals surface area contributed by atoms with Crippen molar-refractivity contribution in [2.75, 3.05) is 5.32 Å². The molecule has 5 nitrogen and oxygen atoms in total. The summed E-state index contributed by atoms with van der Waals surface area (Å²) >= 11 is 2.17. The topological polar surface area (TPSA) is 78.4 Å². The van der Waals surface area contributed by atoms with Crippen LogP contribution >= 0.6 is 22.6 Å². The van der Waals surface area contributed by atoms with Crippen LogP contribution < -0.4 is 10.6 Å². The Morgan fingerprint density at radius 3 is 2.37 bits per heavy atom. The molecule has 0 heterocycles. The number of rotatable bonds is 5. The average molecular weight is 376 g/mol. The molecule has 0 aliphatic rings. The van der Waals surface area contributed by atoms with Gasteiger partial charge in [-0.25, -0.2) is 9.59 Å². The Morgan fingerprint density at radius 2 is 1.89 bits per heavy atom. The van der Waals surface area contributed by atoms with Gasteiger partial charge in [0.05, 0.1) is 0 Å². The van der Waals surface area contributed by atoms with Gasteiger partial charge in [-0.15, -0.1) is 0 Å². The number of amides is 2. The van der Waals surface area contributed by atoms with Gasteiger partial charge in [-0.3, -0.25) is 0 Å². The lowest BCUT2D eigenvalue weighted by molar-refractivity contribution is -0.143. The van der Waals surface area contributed by atoms with Gasteiger partial charge in [0.1, 0.15) is 5.54 Å². The Morgan fingerprint density at radius 1 is 1.32 bits per heavy atom. The molecule has 0 aliphatic heterocycles. The lowest BCUT2D eigenvalue weighted by Gasteiger charge is -2.25. The zero-order valence-corrected chi connectivity index (χ0v) is 13.0. The number of benzene rings is 1. The molecular weight excluding hydrogens is 359 g/mol. The van der Waals surface area contributed by atoms with E-state index < -0.39 is 17.5 Å². The molecule has 1 unspecified atom stereocenters. The molecule has 6 heteroatoms. The lowest BCUT2D eigenvalue weighted by Crippen LogP contribution is -2.53. The molecule has 3 N–H and O–H groups in total. The zero-order chi connectivity index (χ0) is 14.5. The minimum absolute atomic E-state index is 0.377. The first-order valence-corrected chi connectivity index (χ1v) is 7.03. The molecule has 1 atom stereocenters. The fourth-order valence-electron chi connectivity index (χ4n) is 1.67. The van der Waals surface area contributed by atoms with Crippen molar-refractivity contribution in [1.82, 2.24) is 5.32 Å². The summed E-state index contributed by atoms with van der Waals surface area (Å²) in [7, 11) is 0. The molecule has 0 bridgehead atoms. The van der Waals surface area contributed by atoms with E-state index in [0.717, 1.165) is 3.57 Å². The van der Waals surface area contributed by atoms with E-state index >= 15 is 0 Å². The summed E-state index contributed by atoms with van der Waals surface area (Å²) in [6.45, 7) is 3.38. The van der Waals surface area contributed by atoms with E-state index in [1.165, 1.54) is 6.92 Å². The molecule has 1 aromatic rings. The Labute approximate surface area is 125 Å². The third-order valence-corrected chi connectivity index (χ3v) is 3.43. The van der Waals surface area contributed by atoms with Crippen molar-refractivity contribution in [2.24, 2.45) is 0 Å². The predicted octanol–water partition coefficient (Wildman–Crippen LogP) is 3.06. The van der Waals surface area contributed by atoms with Crippen LogP contribution in [0.25, 0.3) is 0 Å². The highest BCUT2D eigenvalue weighted by Crippen LogP contribution is 2.14. The number of urea groups is 1. The smallest absolute Gasteiger partial charge is 0.329 e. The third kappa shape index (κ3) is 4.70. The number of hydrogen-bond donors (Lipinski definition) is 3. The second-order valence-corrected chi connectivity index (χ2v) is 5.72. The van der Waals surface area contributed by atoms with Crippen molar-refractivity contribution in [3.8, 4) is 0 Å². The molecule has 1 aromatic carbocycles. The molecule has 0 radical (unpaired) electrons. The van der Waals surface area contributed by atoms with Crippen LogP contribution in [0.2, 0.25) is 0 Å². The number of hydrogen-bond acceptors (Lipinski definition) is 2. The normalized spacial score (nSPS) is 13.4. The SMILES string of the molecule is CCCC(C)(NC(=O)Nc1ccc(I)cc1)C(=O)O. The maximum atomic E-state index is 11.8. The summed E-state index contributed by atoms with van der Waals surface area (Å²) in [4.78, 5) is 23.0. The predicted molar refractivity (Wildman–Crippen MR) is 82.3 cm³/mol. The fraction of sp³-hybridized carbons (Fsp3) is 0.385. The van der Waals surface area contributed by atoms with Crippen LogP contribution in [0, 0.1) is 3.57 Å². The summed E-state index contributed by atoms with van der Waals surface area (Å²) in [6, 6.07) is 6.73. The van der Waals surface area contributed by atoms with Crippen LogP contribution in [0.3, 0.4) is 0 Å². The molecule has 0 spiro atoms. The lowest BCUT2D eigenvalue weighted by atomic mass is 9.97. The summed E-state index contributed by atoms with van der Waals surface area (Å²) in [5.74, 6) is -1.04. The van der Waals surface area contributed by atoms with E-state index in [9.17, 15) is 14.7 Å². The van der Waals surface area contributed by atoms with Gasteiger partial charge in [0.15, 0.2) is 0 Å². The highest BCUT2D eigenvalue weighted by Gasteiger charge is 2.33. The zero-order valence-electron chi connectivity index (χ0n) is 10.9. The Balaban J connectivity index is 2.68. The molecule has 19 heavy (non-hydrogen) atoms. The minimum atomic E-state index is -1.25. The Hall–Kier alpha value is -1.31. The quantitative estimate of drug-likeness (QED) is 0.692. The largest absolute Gasteiger partial charge is 0.480 e. The first-order chi connectivity index (χ1) is 8.87. The van der Waals surface area contributed by atoms with Gasteiger partial charge in [-0.05, 0) is 60.2 Å². The molecular formula is C13H17IN2O3. The highest BCUT2D eigenvalue weighted by atomic mass is 127. The summed E-state index contributed by atoms with van der Waals surface area (Å²) in [6.07, 6.45) is 1.05. The molecule has 0 saturated carbocycles. The maximum absolute atomic E-state index is 11.8. The summed E-state index contributed by atoms with van der Waals surface area (Å²) in [5, 5.41) is 14.3. The second kappa shape index (κ2) is 6.74. The van der Waals surface area contributed by atoms with Gasteiger partial charge in [0, 0.05) is 9.26 Å². The van der Waals surface area contributed by atoms with Crippen molar-refractivity contribution in [3.05, 3.63) is 27.8 Å². The van der Waals surface area contributed by atoms with Gasteiger partial charge in [0.25, 0.3) is 0 Å². The van der Waals surface area contributed by atoms with Crippen LogP contribution in [0.15, 0.2) is 24.3 Å². The van der Waals surface area contributed by atoms with Crippen LogP contribution in [0.1, 0.15) is 26.7 Å². The number of carboxylic acids is 1. The van der Waals surface area contributed by atoms with Crippen molar-refractivity contribution < 1.29 is 14.7 Å². The van der Waals surface area contributed by atoms with E-state index in [2.05, 4.69) is 33.2 Å². The van der Waals surface area contributed by atoms with Crippen LogP contribution in [0.4, 0.5) is 10.5 Å². The molecule has 0 aliphatic carbocycles. The monoisotopic (exact) mass is 376 g/mol. The molecule has 2 amide bonds. The van der Waals surface area contributed by atoms with Gasteiger partial charge < -0.3 is 15.7 Å². The van der Waals surface area contributed by atoms with E-state index in [-0.39, 0.29) is 0 Å². The average Bonchev–Trinajstić information content (AvgIpc) is 2.32. The number of carbonyl (C=O) groups excluding carboxylic acids is 1. The number of anilines is 1. The number of nitrogens with one attached hydrogen (secondary N) is 2. The van der Waals surface area contributed by atoms with Crippen molar-refractivity contribution in [2.45, 2.75) is 32.2 Å². The van der Waals surface area contributed by atoms with E-state index in [0.29, 0.717) is 18.5 Å². The van der Waals surface area contributed by atoms with Crippen molar-refractivity contribution in [1.29, 1.82) is 0 Å².